The lowest BCUT2D eigenvalue weighted by atomic mass is 10.2. The summed E-state index contributed by atoms with van der Waals surface area (Å²) in [6.45, 7) is 5.36. The Morgan fingerprint density at radius 1 is 1.14 bits per heavy atom. The fourth-order valence-corrected chi connectivity index (χ4v) is 1.54. The summed E-state index contributed by atoms with van der Waals surface area (Å²) in [6.07, 6.45) is -0.137. The number of carbonyl (C=O) groups is 3. The number of amides is 1. The third-order valence-corrected chi connectivity index (χ3v) is 2.46. The van der Waals surface area contributed by atoms with Gasteiger partial charge in [-0.05, 0) is 20.8 Å². The summed E-state index contributed by atoms with van der Waals surface area (Å²) in [7, 11) is 0. The molecule has 0 radical (unpaired) electrons. The Bertz CT molecular complexity index is 523. The van der Waals surface area contributed by atoms with Crippen LogP contribution in [0.3, 0.4) is 0 Å². The van der Waals surface area contributed by atoms with Gasteiger partial charge >= 0.3 is 11.9 Å². The van der Waals surface area contributed by atoms with E-state index in [4.69, 9.17) is 14.0 Å². The molecule has 0 aromatic carbocycles. The van der Waals surface area contributed by atoms with Crippen LogP contribution in [0.25, 0.3) is 0 Å². The standard InChI is InChI=1S/C13H18N2O6/c1-4-19-10(17)7-6-9(16)14-12-11(8(3)15-21-12)13(18)20-5-2/h4-7H2,1-3H3,(H,14,16). The molecule has 21 heavy (non-hydrogen) atoms. The van der Waals surface area contributed by atoms with Gasteiger partial charge in [-0.3, -0.25) is 14.9 Å². The van der Waals surface area contributed by atoms with Crippen LogP contribution in [0.15, 0.2) is 4.52 Å². The predicted octanol–water partition coefficient (Wildman–Crippen LogP) is 1.44. The minimum absolute atomic E-state index is 0.0540. The smallest absolute Gasteiger partial charge is 0.345 e. The van der Waals surface area contributed by atoms with Gasteiger partial charge in [0, 0.05) is 6.42 Å². The third-order valence-electron chi connectivity index (χ3n) is 2.46. The van der Waals surface area contributed by atoms with Crippen molar-refractivity contribution in [1.82, 2.24) is 5.16 Å². The number of esters is 2. The lowest BCUT2D eigenvalue weighted by molar-refractivity contribution is -0.144. The van der Waals surface area contributed by atoms with Crippen molar-refractivity contribution in [2.24, 2.45) is 0 Å². The summed E-state index contributed by atoms with van der Waals surface area (Å²) >= 11 is 0. The molecule has 0 spiro atoms. The summed E-state index contributed by atoms with van der Waals surface area (Å²) in [5.41, 5.74) is 0.385. The van der Waals surface area contributed by atoms with Crippen LogP contribution in [0.4, 0.5) is 5.88 Å². The number of nitrogens with zero attached hydrogens (tertiary/aromatic N) is 1. The predicted molar refractivity (Wildman–Crippen MR) is 71.7 cm³/mol. The van der Waals surface area contributed by atoms with Gasteiger partial charge in [0.15, 0.2) is 0 Å². The normalized spacial score (nSPS) is 10.0. The zero-order valence-electron chi connectivity index (χ0n) is 12.2. The second-order valence-corrected chi connectivity index (χ2v) is 4.05. The number of aromatic nitrogens is 1. The topological polar surface area (TPSA) is 108 Å². The zero-order chi connectivity index (χ0) is 15.8. The van der Waals surface area contributed by atoms with E-state index in [1.54, 1.807) is 20.8 Å². The van der Waals surface area contributed by atoms with E-state index in [0.717, 1.165) is 0 Å². The van der Waals surface area contributed by atoms with Gasteiger partial charge in [-0.1, -0.05) is 5.16 Å². The van der Waals surface area contributed by atoms with Crippen molar-refractivity contribution < 1.29 is 28.4 Å². The van der Waals surface area contributed by atoms with Crippen molar-refractivity contribution >= 4 is 23.7 Å². The average Bonchev–Trinajstić information content (AvgIpc) is 2.78. The maximum Gasteiger partial charge on any atom is 0.345 e. The molecule has 0 atom stereocenters. The lowest BCUT2D eigenvalue weighted by Gasteiger charge is -2.04. The van der Waals surface area contributed by atoms with Crippen LogP contribution in [-0.2, 0) is 19.1 Å². The van der Waals surface area contributed by atoms with Gasteiger partial charge in [0.2, 0.25) is 11.8 Å². The van der Waals surface area contributed by atoms with Crippen molar-refractivity contribution in [2.75, 3.05) is 18.5 Å². The number of nitrogens with one attached hydrogen (secondary N) is 1. The SMILES string of the molecule is CCOC(=O)CCC(=O)Nc1onc(C)c1C(=O)OCC. The van der Waals surface area contributed by atoms with Crippen molar-refractivity contribution in [3.05, 3.63) is 11.3 Å². The highest BCUT2D eigenvalue weighted by Crippen LogP contribution is 2.20. The van der Waals surface area contributed by atoms with Gasteiger partial charge in [-0.25, -0.2) is 4.79 Å². The molecule has 0 aliphatic carbocycles. The monoisotopic (exact) mass is 298 g/mol. The summed E-state index contributed by atoms with van der Waals surface area (Å²) in [5.74, 6) is -1.66. The third kappa shape index (κ3) is 4.90. The highest BCUT2D eigenvalue weighted by Gasteiger charge is 2.23. The van der Waals surface area contributed by atoms with Gasteiger partial charge in [-0.15, -0.1) is 0 Å². The molecule has 0 unspecified atom stereocenters. The van der Waals surface area contributed by atoms with Crippen LogP contribution in [0.5, 0.6) is 0 Å². The number of aryl methyl sites for hydroxylation is 1. The van der Waals surface area contributed by atoms with E-state index in [9.17, 15) is 14.4 Å². The van der Waals surface area contributed by atoms with Gasteiger partial charge in [0.05, 0.1) is 25.3 Å². The molecule has 1 rings (SSSR count). The molecule has 0 bridgehead atoms. The Balaban J connectivity index is 2.64. The molecule has 1 aromatic rings. The van der Waals surface area contributed by atoms with E-state index >= 15 is 0 Å². The summed E-state index contributed by atoms with van der Waals surface area (Å²) in [6, 6.07) is 0. The second-order valence-electron chi connectivity index (χ2n) is 4.05. The Morgan fingerprint density at radius 2 is 1.81 bits per heavy atom. The molecular weight excluding hydrogens is 280 g/mol. The van der Waals surface area contributed by atoms with Crippen molar-refractivity contribution in [1.29, 1.82) is 0 Å². The van der Waals surface area contributed by atoms with E-state index in [0.29, 0.717) is 5.69 Å². The summed E-state index contributed by atoms with van der Waals surface area (Å²) < 4.78 is 14.5. The fourth-order valence-electron chi connectivity index (χ4n) is 1.54. The van der Waals surface area contributed by atoms with E-state index in [2.05, 4.69) is 10.5 Å². The molecule has 0 aliphatic heterocycles. The summed E-state index contributed by atoms with van der Waals surface area (Å²) in [4.78, 5) is 34.6. The number of anilines is 1. The molecule has 1 amide bonds. The minimum atomic E-state index is -0.628. The highest BCUT2D eigenvalue weighted by atomic mass is 16.5. The number of ether oxygens (including phenoxy) is 2. The molecule has 8 heteroatoms. The van der Waals surface area contributed by atoms with Crippen molar-refractivity contribution in [3.8, 4) is 0 Å². The first-order valence-corrected chi connectivity index (χ1v) is 6.58. The number of rotatable bonds is 7. The lowest BCUT2D eigenvalue weighted by Crippen LogP contribution is -2.16. The Morgan fingerprint density at radius 3 is 2.43 bits per heavy atom. The first-order valence-electron chi connectivity index (χ1n) is 6.58. The van der Waals surface area contributed by atoms with Crippen LogP contribution in [-0.4, -0.2) is 36.2 Å². The van der Waals surface area contributed by atoms with Gasteiger partial charge in [0.25, 0.3) is 0 Å². The maximum absolute atomic E-state index is 11.7. The van der Waals surface area contributed by atoms with E-state index < -0.39 is 17.8 Å². The van der Waals surface area contributed by atoms with Crippen LogP contribution in [0.2, 0.25) is 0 Å². The molecule has 116 valence electrons. The molecular formula is C13H18N2O6. The maximum atomic E-state index is 11.7. The molecule has 0 aliphatic rings. The fraction of sp³-hybridized carbons (Fsp3) is 0.538. The zero-order valence-corrected chi connectivity index (χ0v) is 12.2. The highest BCUT2D eigenvalue weighted by molar-refractivity contribution is 6.00. The van der Waals surface area contributed by atoms with Gasteiger partial charge < -0.3 is 14.0 Å². The minimum Gasteiger partial charge on any atom is -0.466 e. The molecule has 1 N–H and O–H groups in total. The molecule has 1 heterocycles. The molecule has 0 saturated heterocycles. The quantitative estimate of drug-likeness (QED) is 0.759. The largest absolute Gasteiger partial charge is 0.466 e. The molecule has 0 fully saturated rings. The van der Waals surface area contributed by atoms with Gasteiger partial charge in [-0.2, -0.15) is 0 Å². The number of hydrogen-bond acceptors (Lipinski definition) is 7. The van der Waals surface area contributed by atoms with Crippen LogP contribution in [0.1, 0.15) is 42.7 Å². The number of carbonyl (C=O) groups excluding carboxylic acids is 3. The van der Waals surface area contributed by atoms with Gasteiger partial charge in [0.1, 0.15) is 5.56 Å². The average molecular weight is 298 g/mol. The molecule has 1 aromatic heterocycles. The first-order chi connectivity index (χ1) is 9.99. The first kappa shape index (κ1) is 16.7. The van der Waals surface area contributed by atoms with Crippen molar-refractivity contribution in [2.45, 2.75) is 33.6 Å². The summed E-state index contributed by atoms with van der Waals surface area (Å²) in [5, 5.41) is 6.01. The van der Waals surface area contributed by atoms with Crippen LogP contribution < -0.4 is 5.32 Å². The van der Waals surface area contributed by atoms with E-state index in [1.807, 2.05) is 0 Å². The Labute approximate surface area is 121 Å². The van der Waals surface area contributed by atoms with E-state index in [1.165, 1.54) is 0 Å². The van der Waals surface area contributed by atoms with Crippen LogP contribution in [0, 0.1) is 6.92 Å². The molecule has 0 saturated carbocycles. The van der Waals surface area contributed by atoms with Crippen molar-refractivity contribution in [3.63, 3.8) is 0 Å². The van der Waals surface area contributed by atoms with E-state index in [-0.39, 0.29) is 37.5 Å². The molecule has 8 nitrogen and oxygen atoms in total. The Kier molecular flexibility index (Phi) is 6.38. The van der Waals surface area contributed by atoms with Crippen LogP contribution >= 0.6 is 0 Å². The Hall–Kier alpha value is -2.38. The second kappa shape index (κ2) is 8.03. The number of hydrogen-bond donors (Lipinski definition) is 1.